The molecule has 1 aromatic carbocycles. The second-order valence-corrected chi connectivity index (χ2v) is 8.44. The Hall–Kier alpha value is -1.55. The summed E-state index contributed by atoms with van der Waals surface area (Å²) in [6, 6.07) is 8.45. The normalized spacial score (nSPS) is 29.0. The van der Waals surface area contributed by atoms with Crippen LogP contribution in [0, 0.1) is 17.8 Å². The van der Waals surface area contributed by atoms with Crippen LogP contribution in [-0.4, -0.2) is 37.6 Å². The summed E-state index contributed by atoms with van der Waals surface area (Å²) in [5.41, 5.74) is 1.19. The number of ether oxygens (including phenoxy) is 1. The highest BCUT2D eigenvalue weighted by Crippen LogP contribution is 2.49. The summed E-state index contributed by atoms with van der Waals surface area (Å²) in [4.78, 5) is 15.1. The summed E-state index contributed by atoms with van der Waals surface area (Å²) < 4.78 is 5.59. The van der Waals surface area contributed by atoms with Gasteiger partial charge in [-0.3, -0.25) is 9.69 Å². The zero-order valence-corrected chi connectivity index (χ0v) is 16.0. The molecule has 1 heterocycles. The van der Waals surface area contributed by atoms with Gasteiger partial charge in [0.25, 0.3) is 0 Å². The summed E-state index contributed by atoms with van der Waals surface area (Å²) in [5, 5.41) is 3.26. The number of hydrogen-bond donors (Lipinski definition) is 1. The Morgan fingerprint density at radius 3 is 2.73 bits per heavy atom. The molecule has 4 rings (SSSR count). The molecule has 26 heavy (non-hydrogen) atoms. The van der Waals surface area contributed by atoms with Gasteiger partial charge >= 0.3 is 0 Å². The van der Waals surface area contributed by atoms with Gasteiger partial charge in [-0.25, -0.2) is 0 Å². The first-order valence-corrected chi connectivity index (χ1v) is 10.4. The maximum absolute atomic E-state index is 12.6. The van der Waals surface area contributed by atoms with Crippen molar-refractivity contribution in [2.45, 2.75) is 51.0 Å². The van der Waals surface area contributed by atoms with Gasteiger partial charge in [0.1, 0.15) is 5.75 Å². The number of methoxy groups -OCH3 is 1. The molecule has 0 aromatic heterocycles. The van der Waals surface area contributed by atoms with E-state index >= 15 is 0 Å². The molecule has 4 nitrogen and oxygen atoms in total. The second-order valence-electron chi connectivity index (χ2n) is 8.44. The highest BCUT2D eigenvalue weighted by atomic mass is 16.5. The van der Waals surface area contributed by atoms with Gasteiger partial charge in [-0.2, -0.15) is 0 Å². The Morgan fingerprint density at radius 2 is 2.04 bits per heavy atom. The third kappa shape index (κ3) is 3.75. The van der Waals surface area contributed by atoms with E-state index in [9.17, 15) is 4.79 Å². The van der Waals surface area contributed by atoms with E-state index in [0.717, 1.165) is 37.1 Å². The fraction of sp³-hybridized carbons (Fsp3) is 0.682. The molecule has 1 aromatic rings. The lowest BCUT2D eigenvalue weighted by Gasteiger charge is -2.29. The number of fused-ring (bicyclic) bond motifs is 2. The van der Waals surface area contributed by atoms with Crippen LogP contribution in [0.2, 0.25) is 0 Å². The van der Waals surface area contributed by atoms with Crippen molar-refractivity contribution in [3.8, 4) is 5.75 Å². The largest absolute Gasteiger partial charge is 0.496 e. The van der Waals surface area contributed by atoms with Gasteiger partial charge < -0.3 is 10.1 Å². The predicted octanol–water partition coefficient (Wildman–Crippen LogP) is 3.77. The maximum Gasteiger partial charge on any atom is 0.220 e. The topological polar surface area (TPSA) is 41.6 Å². The van der Waals surface area contributed by atoms with E-state index in [-0.39, 0.29) is 11.9 Å². The highest BCUT2D eigenvalue weighted by Gasteiger charge is 2.40. The lowest BCUT2D eigenvalue weighted by molar-refractivity contribution is -0.122. The lowest BCUT2D eigenvalue weighted by atomic mass is 9.86. The molecule has 0 radical (unpaired) electrons. The highest BCUT2D eigenvalue weighted by molar-refractivity contribution is 5.76. The van der Waals surface area contributed by atoms with Crippen molar-refractivity contribution >= 4 is 5.91 Å². The summed E-state index contributed by atoms with van der Waals surface area (Å²) in [6.07, 6.45) is 8.60. The fourth-order valence-electron chi connectivity index (χ4n) is 5.58. The molecular weight excluding hydrogens is 324 g/mol. The van der Waals surface area contributed by atoms with Crippen molar-refractivity contribution < 1.29 is 9.53 Å². The Morgan fingerprint density at radius 1 is 1.23 bits per heavy atom. The summed E-state index contributed by atoms with van der Waals surface area (Å²) in [6.45, 7) is 2.88. The van der Waals surface area contributed by atoms with Gasteiger partial charge in [-0.15, -0.1) is 0 Å². The Kier molecular flexibility index (Phi) is 5.49. The van der Waals surface area contributed by atoms with E-state index in [1.165, 1.54) is 44.1 Å². The summed E-state index contributed by atoms with van der Waals surface area (Å²) >= 11 is 0. The molecule has 1 saturated heterocycles. The predicted molar refractivity (Wildman–Crippen MR) is 103 cm³/mol. The van der Waals surface area contributed by atoms with Gasteiger partial charge in [0.15, 0.2) is 0 Å². The number of carbonyl (C=O) groups is 1. The first kappa shape index (κ1) is 17.8. The average molecular weight is 357 g/mol. The molecule has 1 aliphatic heterocycles. The number of likely N-dealkylation sites (tertiary alicyclic amines) is 1. The zero-order valence-electron chi connectivity index (χ0n) is 16.0. The quantitative estimate of drug-likeness (QED) is 0.808. The van der Waals surface area contributed by atoms with Crippen molar-refractivity contribution in [3.05, 3.63) is 29.8 Å². The monoisotopic (exact) mass is 356 g/mol. The third-order valence-corrected chi connectivity index (χ3v) is 6.90. The van der Waals surface area contributed by atoms with Crippen molar-refractivity contribution in [3.63, 3.8) is 0 Å². The zero-order chi connectivity index (χ0) is 17.9. The van der Waals surface area contributed by atoms with Crippen LogP contribution >= 0.6 is 0 Å². The minimum atomic E-state index is 0.206. The second kappa shape index (κ2) is 7.99. The van der Waals surface area contributed by atoms with E-state index in [2.05, 4.69) is 22.3 Å². The molecule has 0 spiro atoms. The molecule has 1 amide bonds. The van der Waals surface area contributed by atoms with Crippen molar-refractivity contribution in [1.29, 1.82) is 0 Å². The third-order valence-electron chi connectivity index (χ3n) is 6.90. The number of carbonyl (C=O) groups excluding carboxylic acids is 1. The lowest BCUT2D eigenvalue weighted by Crippen LogP contribution is -2.37. The number of nitrogens with one attached hydrogen (secondary N) is 1. The van der Waals surface area contributed by atoms with Crippen LogP contribution in [0.25, 0.3) is 0 Å². The van der Waals surface area contributed by atoms with Crippen molar-refractivity contribution in [2.75, 3.05) is 26.7 Å². The van der Waals surface area contributed by atoms with Crippen molar-refractivity contribution in [2.24, 2.45) is 17.8 Å². The minimum Gasteiger partial charge on any atom is -0.496 e. The maximum atomic E-state index is 12.6. The average Bonchev–Trinajstić information content (AvgIpc) is 3.40. The van der Waals surface area contributed by atoms with Crippen LogP contribution in [0.4, 0.5) is 0 Å². The number of nitrogens with zero attached hydrogens (tertiary/aromatic N) is 1. The van der Waals surface area contributed by atoms with E-state index < -0.39 is 0 Å². The Labute approximate surface area is 157 Å². The van der Waals surface area contributed by atoms with Crippen LogP contribution in [0.3, 0.4) is 0 Å². The van der Waals surface area contributed by atoms with Crippen LogP contribution < -0.4 is 10.1 Å². The van der Waals surface area contributed by atoms with Crippen LogP contribution in [0.5, 0.6) is 5.75 Å². The van der Waals surface area contributed by atoms with E-state index in [0.29, 0.717) is 12.5 Å². The standard InChI is InChI=1S/C22H32N2O2/c1-26-21-7-3-2-6-19(21)20(24-10-4-5-11-24)15-23-22(25)14-18-13-16-8-9-17(18)12-16/h2-3,6-7,16-18,20H,4-5,8-15H2,1H3,(H,23,25)/t16-,17-,18-,20+/m0/s1. The number of amides is 1. The van der Waals surface area contributed by atoms with Crippen LogP contribution in [-0.2, 0) is 4.79 Å². The number of hydrogen-bond acceptors (Lipinski definition) is 3. The van der Waals surface area contributed by atoms with E-state index in [1.54, 1.807) is 7.11 Å². The molecule has 3 fully saturated rings. The molecule has 142 valence electrons. The summed E-state index contributed by atoms with van der Waals surface area (Å²) in [5.74, 6) is 3.51. The number of rotatable bonds is 7. The number of para-hydroxylation sites is 1. The first-order valence-electron chi connectivity index (χ1n) is 10.4. The molecule has 4 heteroatoms. The Balaban J connectivity index is 1.39. The van der Waals surface area contributed by atoms with Crippen molar-refractivity contribution in [1.82, 2.24) is 10.2 Å². The fourth-order valence-corrected chi connectivity index (χ4v) is 5.58. The first-order chi connectivity index (χ1) is 12.7. The van der Waals surface area contributed by atoms with Gasteiger partial charge in [-0.1, -0.05) is 24.6 Å². The van der Waals surface area contributed by atoms with Crippen LogP contribution in [0.1, 0.15) is 56.6 Å². The molecule has 2 bridgehead atoms. The van der Waals surface area contributed by atoms with Gasteiger partial charge in [0.2, 0.25) is 5.91 Å². The van der Waals surface area contributed by atoms with Gasteiger partial charge in [-0.05, 0) is 69.0 Å². The van der Waals surface area contributed by atoms with E-state index in [4.69, 9.17) is 4.74 Å². The van der Waals surface area contributed by atoms with Gasteiger partial charge in [0, 0.05) is 18.5 Å². The molecular formula is C22H32N2O2. The smallest absolute Gasteiger partial charge is 0.220 e. The molecule has 3 aliphatic rings. The Bertz CT molecular complexity index is 626. The molecule has 2 aliphatic carbocycles. The molecule has 0 unspecified atom stereocenters. The molecule has 2 saturated carbocycles. The van der Waals surface area contributed by atoms with Gasteiger partial charge in [0.05, 0.1) is 13.2 Å². The minimum absolute atomic E-state index is 0.206. The van der Waals surface area contributed by atoms with Crippen LogP contribution in [0.15, 0.2) is 24.3 Å². The molecule has 1 N–H and O–H groups in total. The summed E-state index contributed by atoms with van der Waals surface area (Å²) in [7, 11) is 1.73. The van der Waals surface area contributed by atoms with E-state index in [1.807, 2.05) is 12.1 Å². The number of benzene rings is 1. The SMILES string of the molecule is COc1ccccc1[C@@H](CNC(=O)C[C@@H]1C[C@H]2CC[C@H]1C2)N1CCCC1. The molecule has 4 atom stereocenters.